The van der Waals surface area contributed by atoms with E-state index < -0.39 is 0 Å². The van der Waals surface area contributed by atoms with Crippen LogP contribution in [0.3, 0.4) is 0 Å². The third-order valence-corrected chi connectivity index (χ3v) is 5.41. The summed E-state index contributed by atoms with van der Waals surface area (Å²) in [6.45, 7) is 8.78. The third-order valence-electron chi connectivity index (χ3n) is 5.41. The summed E-state index contributed by atoms with van der Waals surface area (Å²) in [5.41, 5.74) is 0.239. The van der Waals surface area contributed by atoms with Crippen LogP contribution in [0.2, 0.25) is 0 Å². The van der Waals surface area contributed by atoms with Gasteiger partial charge in [-0.05, 0) is 26.8 Å². The summed E-state index contributed by atoms with van der Waals surface area (Å²) in [5, 5.41) is 0. The van der Waals surface area contributed by atoms with Gasteiger partial charge in [0.15, 0.2) is 6.61 Å². The molecule has 0 aromatic rings. The lowest BCUT2D eigenvalue weighted by molar-refractivity contribution is -0.152. The molecule has 2 fully saturated rings. The lowest BCUT2D eigenvalue weighted by Gasteiger charge is -2.49. The van der Waals surface area contributed by atoms with Gasteiger partial charge in [0.2, 0.25) is 0 Å². The fraction of sp³-hybridized carbons (Fsp3) is 0.882. The van der Waals surface area contributed by atoms with E-state index in [0.29, 0.717) is 0 Å². The maximum atomic E-state index is 11.9. The van der Waals surface area contributed by atoms with Crippen molar-refractivity contribution < 1.29 is 14.3 Å². The van der Waals surface area contributed by atoms with Crippen LogP contribution >= 0.6 is 0 Å². The fourth-order valence-corrected chi connectivity index (χ4v) is 3.35. The Morgan fingerprint density at radius 3 is 2.17 bits per heavy atom. The Kier molecular flexibility index (Phi) is 6.60. The largest absolute Gasteiger partial charge is 0.455 e. The first-order valence-electron chi connectivity index (χ1n) is 8.82. The molecule has 0 spiro atoms. The Labute approximate surface area is 145 Å². The molecule has 0 radical (unpaired) electrons. The van der Waals surface area contributed by atoms with Gasteiger partial charge in [-0.3, -0.25) is 19.4 Å². The van der Waals surface area contributed by atoms with E-state index in [1.165, 1.54) is 4.90 Å². The zero-order valence-corrected chi connectivity index (χ0v) is 15.6. The summed E-state index contributed by atoms with van der Waals surface area (Å²) in [5.74, 6) is -0.502. The van der Waals surface area contributed by atoms with Crippen molar-refractivity contribution >= 4 is 11.9 Å². The number of rotatable bonds is 5. The molecule has 1 amide bonds. The van der Waals surface area contributed by atoms with E-state index in [0.717, 1.165) is 52.1 Å². The molecule has 2 aliphatic heterocycles. The summed E-state index contributed by atoms with van der Waals surface area (Å²) in [4.78, 5) is 31.9. The van der Waals surface area contributed by atoms with Crippen molar-refractivity contribution in [3.63, 3.8) is 0 Å². The first kappa shape index (κ1) is 19.1. The van der Waals surface area contributed by atoms with E-state index >= 15 is 0 Å². The van der Waals surface area contributed by atoms with Crippen molar-refractivity contribution in [2.45, 2.75) is 25.3 Å². The minimum absolute atomic E-state index is 0.168. The second kappa shape index (κ2) is 8.27. The number of amides is 1. The molecule has 7 heteroatoms. The van der Waals surface area contributed by atoms with Crippen LogP contribution < -0.4 is 0 Å². The van der Waals surface area contributed by atoms with Crippen molar-refractivity contribution in [1.82, 2.24) is 19.6 Å². The van der Waals surface area contributed by atoms with Gasteiger partial charge >= 0.3 is 5.97 Å². The van der Waals surface area contributed by atoms with Crippen molar-refractivity contribution in [3.8, 4) is 0 Å². The fourth-order valence-electron chi connectivity index (χ4n) is 3.35. The van der Waals surface area contributed by atoms with Crippen LogP contribution in [0.5, 0.6) is 0 Å². The Hall–Kier alpha value is -1.18. The smallest absolute Gasteiger partial charge is 0.320 e. The predicted octanol–water partition coefficient (Wildman–Crippen LogP) is -0.280. The molecule has 0 atom stereocenters. The number of carbonyl (C=O) groups excluding carboxylic acids is 2. The molecule has 2 aliphatic rings. The zero-order valence-electron chi connectivity index (χ0n) is 15.6. The highest BCUT2D eigenvalue weighted by Gasteiger charge is 2.37. The van der Waals surface area contributed by atoms with Gasteiger partial charge in [0.05, 0.1) is 6.54 Å². The number of carbonyl (C=O) groups is 2. The van der Waals surface area contributed by atoms with E-state index in [2.05, 4.69) is 28.7 Å². The van der Waals surface area contributed by atoms with Crippen LogP contribution in [0.15, 0.2) is 0 Å². The monoisotopic (exact) mass is 340 g/mol. The first-order valence-corrected chi connectivity index (χ1v) is 8.82. The molecule has 0 unspecified atom stereocenters. The molecule has 0 aliphatic carbocycles. The highest BCUT2D eigenvalue weighted by molar-refractivity contribution is 5.80. The minimum atomic E-state index is -0.312. The molecule has 24 heavy (non-hydrogen) atoms. The molecule has 2 rings (SSSR count). The lowest BCUT2D eigenvalue weighted by atomic mass is 9.87. The molecular weight excluding hydrogens is 308 g/mol. The quantitative estimate of drug-likeness (QED) is 0.642. The van der Waals surface area contributed by atoms with Gasteiger partial charge in [0.1, 0.15) is 0 Å². The Balaban J connectivity index is 1.72. The van der Waals surface area contributed by atoms with Crippen molar-refractivity contribution in [2.75, 3.05) is 73.6 Å². The van der Waals surface area contributed by atoms with Crippen molar-refractivity contribution in [2.24, 2.45) is 0 Å². The Morgan fingerprint density at radius 2 is 1.62 bits per heavy atom. The van der Waals surface area contributed by atoms with Gasteiger partial charge in [-0.2, -0.15) is 0 Å². The third kappa shape index (κ3) is 5.16. The lowest BCUT2D eigenvalue weighted by Crippen LogP contribution is -2.59. The molecule has 0 aromatic heterocycles. The average Bonchev–Trinajstić information content (AvgIpc) is 2.55. The second-order valence-corrected chi connectivity index (χ2v) is 7.51. The van der Waals surface area contributed by atoms with Gasteiger partial charge in [-0.15, -0.1) is 0 Å². The van der Waals surface area contributed by atoms with Crippen molar-refractivity contribution in [1.29, 1.82) is 0 Å². The number of nitrogens with zero attached hydrogens (tertiary/aromatic N) is 4. The topological polar surface area (TPSA) is 56.3 Å². The number of hydrogen-bond donors (Lipinski definition) is 0. The number of esters is 1. The standard InChI is InChI=1S/C17H32N4O3/c1-17(21-11-9-19(4)10-12-21)5-7-20(8-6-17)13-16(23)24-14-15(22)18(2)3/h5-14H2,1-4H3. The van der Waals surface area contributed by atoms with Crippen LogP contribution in [-0.4, -0.2) is 111 Å². The summed E-state index contributed by atoms with van der Waals surface area (Å²) in [6.07, 6.45) is 2.14. The molecule has 0 saturated carbocycles. The summed E-state index contributed by atoms with van der Waals surface area (Å²) in [7, 11) is 5.48. The highest BCUT2D eigenvalue weighted by Crippen LogP contribution is 2.29. The average molecular weight is 340 g/mol. The number of ether oxygens (including phenoxy) is 1. The predicted molar refractivity (Wildman–Crippen MR) is 92.8 cm³/mol. The zero-order chi connectivity index (χ0) is 17.7. The van der Waals surface area contributed by atoms with Crippen molar-refractivity contribution in [3.05, 3.63) is 0 Å². The number of likely N-dealkylation sites (N-methyl/N-ethyl adjacent to an activating group) is 2. The Morgan fingerprint density at radius 1 is 1.04 bits per heavy atom. The first-order chi connectivity index (χ1) is 11.3. The molecule has 138 valence electrons. The Bertz CT molecular complexity index is 439. The summed E-state index contributed by atoms with van der Waals surface area (Å²) in [6, 6.07) is 0. The van der Waals surface area contributed by atoms with Gasteiger partial charge < -0.3 is 14.5 Å². The van der Waals surface area contributed by atoms with Gasteiger partial charge in [-0.1, -0.05) is 0 Å². The van der Waals surface area contributed by atoms with Crippen LogP contribution in [0, 0.1) is 0 Å². The number of likely N-dealkylation sites (tertiary alicyclic amines) is 1. The summed E-state index contributed by atoms with van der Waals surface area (Å²) < 4.78 is 5.06. The highest BCUT2D eigenvalue weighted by atomic mass is 16.5. The van der Waals surface area contributed by atoms with Gasteiger partial charge in [0, 0.05) is 58.9 Å². The van der Waals surface area contributed by atoms with Crippen LogP contribution in [-0.2, 0) is 14.3 Å². The second-order valence-electron chi connectivity index (χ2n) is 7.51. The summed E-state index contributed by atoms with van der Waals surface area (Å²) >= 11 is 0. The maximum absolute atomic E-state index is 11.9. The van der Waals surface area contributed by atoms with Crippen LogP contribution in [0.4, 0.5) is 0 Å². The normalized spacial score (nSPS) is 23.0. The number of hydrogen-bond acceptors (Lipinski definition) is 6. The van der Waals surface area contributed by atoms with E-state index in [-0.39, 0.29) is 30.6 Å². The molecule has 0 bridgehead atoms. The molecule has 0 N–H and O–H groups in total. The molecule has 0 aromatic carbocycles. The molecule has 7 nitrogen and oxygen atoms in total. The van der Waals surface area contributed by atoms with E-state index in [1.807, 2.05) is 0 Å². The molecular formula is C17H32N4O3. The molecule has 2 heterocycles. The van der Waals surface area contributed by atoms with E-state index in [4.69, 9.17) is 4.74 Å². The van der Waals surface area contributed by atoms with E-state index in [9.17, 15) is 9.59 Å². The molecule has 2 saturated heterocycles. The maximum Gasteiger partial charge on any atom is 0.320 e. The number of piperazine rings is 1. The van der Waals surface area contributed by atoms with Crippen LogP contribution in [0.1, 0.15) is 19.8 Å². The van der Waals surface area contributed by atoms with Gasteiger partial charge in [-0.25, -0.2) is 0 Å². The SMILES string of the molecule is CN1CCN(C2(C)CCN(CC(=O)OCC(=O)N(C)C)CC2)CC1. The number of piperidine rings is 1. The van der Waals surface area contributed by atoms with Gasteiger partial charge in [0.25, 0.3) is 5.91 Å². The minimum Gasteiger partial charge on any atom is -0.455 e. The van der Waals surface area contributed by atoms with E-state index in [1.54, 1.807) is 14.1 Å². The van der Waals surface area contributed by atoms with Crippen LogP contribution in [0.25, 0.3) is 0 Å².